The SMILES string of the molecule is c1cc(-c2nc(-c3ccc(-c4ccc5ccccc5c4)cc3)nc(-c3ccc(-c4ccc5ccccc5c4)cc3)n2)cc(-c2cccc3oc4ccccc4c23)c1. The van der Waals surface area contributed by atoms with Crippen molar-refractivity contribution in [2.24, 2.45) is 0 Å². The third kappa shape index (κ3) is 6.01. The minimum Gasteiger partial charge on any atom is -0.456 e. The molecule has 0 amide bonds. The van der Waals surface area contributed by atoms with Crippen LogP contribution in [0.1, 0.15) is 0 Å². The molecular formula is C53H33N3O. The Hall–Kier alpha value is -7.69. The van der Waals surface area contributed by atoms with E-state index in [9.17, 15) is 0 Å². The van der Waals surface area contributed by atoms with E-state index in [1.165, 1.54) is 32.7 Å². The molecule has 11 rings (SSSR count). The van der Waals surface area contributed by atoms with Crippen molar-refractivity contribution >= 4 is 43.5 Å². The van der Waals surface area contributed by atoms with Crippen LogP contribution in [0, 0.1) is 0 Å². The van der Waals surface area contributed by atoms with E-state index in [1.807, 2.05) is 18.2 Å². The third-order valence-electron chi connectivity index (χ3n) is 10.9. The first-order chi connectivity index (χ1) is 28.2. The Morgan fingerprint density at radius 3 is 1.35 bits per heavy atom. The largest absolute Gasteiger partial charge is 0.456 e. The van der Waals surface area contributed by atoms with Crippen LogP contribution in [0.4, 0.5) is 0 Å². The van der Waals surface area contributed by atoms with Crippen molar-refractivity contribution in [1.82, 2.24) is 15.0 Å². The van der Waals surface area contributed by atoms with Gasteiger partial charge in [-0.2, -0.15) is 0 Å². The number of fused-ring (bicyclic) bond motifs is 5. The molecule has 266 valence electrons. The first kappa shape index (κ1) is 32.7. The van der Waals surface area contributed by atoms with Crippen LogP contribution >= 0.6 is 0 Å². The Bertz CT molecular complexity index is 3150. The fourth-order valence-corrected chi connectivity index (χ4v) is 7.97. The van der Waals surface area contributed by atoms with E-state index in [0.29, 0.717) is 17.5 Å². The van der Waals surface area contributed by atoms with E-state index in [0.717, 1.165) is 60.9 Å². The number of furan rings is 1. The molecule has 0 saturated carbocycles. The smallest absolute Gasteiger partial charge is 0.164 e. The zero-order valence-electron chi connectivity index (χ0n) is 30.8. The molecule has 0 bridgehead atoms. The summed E-state index contributed by atoms with van der Waals surface area (Å²) in [6, 6.07) is 70.0. The maximum absolute atomic E-state index is 6.24. The zero-order valence-corrected chi connectivity index (χ0v) is 30.8. The molecule has 0 aliphatic carbocycles. The predicted molar refractivity (Wildman–Crippen MR) is 235 cm³/mol. The summed E-state index contributed by atoms with van der Waals surface area (Å²) in [5.41, 5.74) is 11.3. The zero-order chi connectivity index (χ0) is 37.7. The average Bonchev–Trinajstić information content (AvgIpc) is 3.68. The molecule has 4 nitrogen and oxygen atoms in total. The number of hydrogen-bond acceptors (Lipinski definition) is 4. The van der Waals surface area contributed by atoms with Crippen molar-refractivity contribution < 1.29 is 4.42 Å². The molecule has 0 aliphatic rings. The second-order valence-electron chi connectivity index (χ2n) is 14.4. The van der Waals surface area contributed by atoms with E-state index >= 15 is 0 Å². The minimum absolute atomic E-state index is 0.610. The molecule has 9 aromatic carbocycles. The highest BCUT2D eigenvalue weighted by Gasteiger charge is 2.16. The van der Waals surface area contributed by atoms with Crippen LogP contribution in [0.5, 0.6) is 0 Å². The highest BCUT2D eigenvalue weighted by Crippen LogP contribution is 2.38. The molecule has 0 N–H and O–H groups in total. The van der Waals surface area contributed by atoms with Crippen molar-refractivity contribution in [2.75, 3.05) is 0 Å². The number of rotatable bonds is 6. The Labute approximate surface area is 329 Å². The molecule has 0 spiro atoms. The number of hydrogen-bond donors (Lipinski definition) is 0. The van der Waals surface area contributed by atoms with E-state index in [2.05, 4.69) is 182 Å². The summed E-state index contributed by atoms with van der Waals surface area (Å²) in [6.45, 7) is 0. The van der Waals surface area contributed by atoms with Crippen molar-refractivity contribution in [1.29, 1.82) is 0 Å². The van der Waals surface area contributed by atoms with E-state index in [1.54, 1.807) is 0 Å². The van der Waals surface area contributed by atoms with Crippen LogP contribution in [0.2, 0.25) is 0 Å². The summed E-state index contributed by atoms with van der Waals surface area (Å²) in [5.74, 6) is 1.84. The third-order valence-corrected chi connectivity index (χ3v) is 10.9. The molecule has 57 heavy (non-hydrogen) atoms. The Balaban J connectivity index is 1.01. The molecule has 0 radical (unpaired) electrons. The van der Waals surface area contributed by atoms with Crippen molar-refractivity contribution in [3.05, 3.63) is 200 Å². The second-order valence-corrected chi connectivity index (χ2v) is 14.4. The molecule has 0 aliphatic heterocycles. The maximum atomic E-state index is 6.24. The number of nitrogens with zero attached hydrogens (tertiary/aromatic N) is 3. The van der Waals surface area contributed by atoms with Crippen molar-refractivity contribution in [3.63, 3.8) is 0 Å². The number of aromatic nitrogens is 3. The lowest BCUT2D eigenvalue weighted by Crippen LogP contribution is -2.00. The lowest BCUT2D eigenvalue weighted by atomic mass is 9.97. The van der Waals surface area contributed by atoms with Crippen LogP contribution in [-0.2, 0) is 0 Å². The Morgan fingerprint density at radius 1 is 0.281 bits per heavy atom. The van der Waals surface area contributed by atoms with Gasteiger partial charge in [0, 0.05) is 27.5 Å². The maximum Gasteiger partial charge on any atom is 0.164 e. The van der Waals surface area contributed by atoms with Gasteiger partial charge in [0.15, 0.2) is 17.5 Å². The number of benzene rings is 9. The van der Waals surface area contributed by atoms with E-state index in [4.69, 9.17) is 19.4 Å². The summed E-state index contributed by atoms with van der Waals surface area (Å²) in [5, 5.41) is 7.09. The lowest BCUT2D eigenvalue weighted by Gasteiger charge is -2.11. The van der Waals surface area contributed by atoms with Crippen LogP contribution in [0.25, 0.3) is 111 Å². The van der Waals surface area contributed by atoms with Crippen LogP contribution in [0.3, 0.4) is 0 Å². The van der Waals surface area contributed by atoms with Crippen LogP contribution in [0.15, 0.2) is 205 Å². The van der Waals surface area contributed by atoms with Crippen LogP contribution < -0.4 is 0 Å². The first-order valence-corrected chi connectivity index (χ1v) is 19.2. The molecule has 0 atom stereocenters. The molecular weight excluding hydrogens is 695 g/mol. The predicted octanol–water partition coefficient (Wildman–Crippen LogP) is 14.1. The lowest BCUT2D eigenvalue weighted by molar-refractivity contribution is 0.669. The highest BCUT2D eigenvalue weighted by molar-refractivity contribution is 6.12. The topological polar surface area (TPSA) is 51.8 Å². The summed E-state index contributed by atoms with van der Waals surface area (Å²) in [7, 11) is 0. The molecule has 2 aromatic heterocycles. The normalized spacial score (nSPS) is 11.5. The first-order valence-electron chi connectivity index (χ1n) is 19.2. The summed E-state index contributed by atoms with van der Waals surface area (Å²) >= 11 is 0. The molecule has 4 heteroatoms. The average molecular weight is 728 g/mol. The van der Waals surface area contributed by atoms with Gasteiger partial charge in [-0.1, -0.05) is 170 Å². The van der Waals surface area contributed by atoms with Gasteiger partial charge in [0.25, 0.3) is 0 Å². The van der Waals surface area contributed by atoms with Crippen molar-refractivity contribution in [3.8, 4) is 67.5 Å². The van der Waals surface area contributed by atoms with Crippen LogP contribution in [-0.4, -0.2) is 15.0 Å². The van der Waals surface area contributed by atoms with Gasteiger partial charge < -0.3 is 4.42 Å². The van der Waals surface area contributed by atoms with Gasteiger partial charge in [-0.05, 0) is 85.3 Å². The summed E-state index contributed by atoms with van der Waals surface area (Å²) in [6.07, 6.45) is 0. The highest BCUT2D eigenvalue weighted by atomic mass is 16.3. The van der Waals surface area contributed by atoms with Gasteiger partial charge in [-0.15, -0.1) is 0 Å². The fourth-order valence-electron chi connectivity index (χ4n) is 7.97. The molecule has 0 fully saturated rings. The summed E-state index contributed by atoms with van der Waals surface area (Å²) < 4.78 is 6.24. The second kappa shape index (κ2) is 13.6. The fraction of sp³-hybridized carbons (Fsp3) is 0. The monoisotopic (exact) mass is 727 g/mol. The minimum atomic E-state index is 0.610. The van der Waals surface area contributed by atoms with Gasteiger partial charge >= 0.3 is 0 Å². The standard InChI is InChI=1S/C53H33N3O/c1-3-11-40-31-42(29-23-34(40)9-1)36-19-25-38(26-20-36)51-54-52(39-27-21-37(22-28-39)43-30-24-35-10-2-4-12-41(35)32-43)56-53(55-51)45-14-7-13-44(33-45)46-16-8-18-49-50(46)47-15-5-6-17-48(47)57-49/h1-33H. The van der Waals surface area contributed by atoms with E-state index in [-0.39, 0.29) is 0 Å². The Morgan fingerprint density at radius 2 is 0.737 bits per heavy atom. The number of para-hydroxylation sites is 1. The quantitative estimate of drug-likeness (QED) is 0.171. The van der Waals surface area contributed by atoms with Gasteiger partial charge in [-0.3, -0.25) is 0 Å². The molecule has 0 unspecified atom stereocenters. The van der Waals surface area contributed by atoms with Gasteiger partial charge in [0.2, 0.25) is 0 Å². The van der Waals surface area contributed by atoms with E-state index < -0.39 is 0 Å². The molecule has 0 saturated heterocycles. The molecule has 2 heterocycles. The molecule has 11 aromatic rings. The van der Waals surface area contributed by atoms with Gasteiger partial charge in [-0.25, -0.2) is 15.0 Å². The Kier molecular flexibility index (Phi) is 7.78. The van der Waals surface area contributed by atoms with Crippen molar-refractivity contribution in [2.45, 2.75) is 0 Å². The van der Waals surface area contributed by atoms with Gasteiger partial charge in [0.1, 0.15) is 11.2 Å². The summed E-state index contributed by atoms with van der Waals surface area (Å²) in [4.78, 5) is 15.4. The van der Waals surface area contributed by atoms with Gasteiger partial charge in [0.05, 0.1) is 0 Å².